The van der Waals surface area contributed by atoms with Crippen LogP contribution in [0.1, 0.15) is 47.5 Å². The van der Waals surface area contributed by atoms with Crippen LogP contribution >= 0.6 is 12.4 Å². The number of carbonyl (C=O) groups excluding carboxylic acids is 4. The molecule has 1 aliphatic carbocycles. The SMILES string of the molecule is CC(C)(C)C(N)C(=O)N1C[C@H]2[C@@H]([C@H]1C(=O)NC(C[C@@H]1CCNC1=O)C(N)=O)C2(C)C.Cl. The molecule has 31 heavy (non-hydrogen) atoms. The Hall–Kier alpha value is -1.87. The summed E-state index contributed by atoms with van der Waals surface area (Å²) in [6.45, 7) is 10.9. The van der Waals surface area contributed by atoms with Crippen molar-refractivity contribution in [2.45, 2.75) is 65.6 Å². The third-order valence-electron chi connectivity index (χ3n) is 7.30. The van der Waals surface area contributed by atoms with Crippen LogP contribution in [0.3, 0.4) is 0 Å². The molecule has 6 N–H and O–H groups in total. The van der Waals surface area contributed by atoms with Crippen LogP contribution in [-0.4, -0.2) is 59.7 Å². The zero-order valence-electron chi connectivity index (χ0n) is 18.9. The highest BCUT2D eigenvalue weighted by Crippen LogP contribution is 2.65. The van der Waals surface area contributed by atoms with E-state index in [9.17, 15) is 19.2 Å². The van der Waals surface area contributed by atoms with Crippen LogP contribution < -0.4 is 22.1 Å². The lowest BCUT2D eigenvalue weighted by atomic mass is 9.86. The molecule has 2 saturated heterocycles. The van der Waals surface area contributed by atoms with Crippen LogP contribution in [0.15, 0.2) is 0 Å². The minimum Gasteiger partial charge on any atom is -0.368 e. The third-order valence-corrected chi connectivity index (χ3v) is 7.30. The fourth-order valence-electron chi connectivity index (χ4n) is 5.02. The lowest BCUT2D eigenvalue weighted by Crippen LogP contribution is -2.59. The Morgan fingerprint density at radius 2 is 1.90 bits per heavy atom. The number of amides is 4. The van der Waals surface area contributed by atoms with Gasteiger partial charge in [0, 0.05) is 19.0 Å². The Kier molecular flexibility index (Phi) is 7.03. The second-order valence-corrected chi connectivity index (χ2v) is 10.7. The molecule has 10 heteroatoms. The molecule has 0 aromatic carbocycles. The highest BCUT2D eigenvalue weighted by molar-refractivity contribution is 5.94. The van der Waals surface area contributed by atoms with Crippen molar-refractivity contribution in [2.24, 2.45) is 40.1 Å². The molecule has 2 heterocycles. The van der Waals surface area contributed by atoms with E-state index in [-0.39, 0.29) is 53.8 Å². The van der Waals surface area contributed by atoms with Crippen molar-refractivity contribution in [3.8, 4) is 0 Å². The number of hydrogen-bond acceptors (Lipinski definition) is 5. The van der Waals surface area contributed by atoms with Crippen molar-refractivity contribution in [3.05, 3.63) is 0 Å². The minimum atomic E-state index is -0.958. The van der Waals surface area contributed by atoms with Crippen LogP contribution in [0.5, 0.6) is 0 Å². The van der Waals surface area contributed by atoms with E-state index in [1.807, 2.05) is 20.8 Å². The summed E-state index contributed by atoms with van der Waals surface area (Å²) in [5.74, 6) is -1.59. The number of nitrogens with zero attached hydrogens (tertiary/aromatic N) is 1. The first-order valence-electron chi connectivity index (χ1n) is 10.7. The Labute approximate surface area is 189 Å². The van der Waals surface area contributed by atoms with Gasteiger partial charge in [-0.2, -0.15) is 0 Å². The number of likely N-dealkylation sites (tertiary alicyclic amines) is 1. The van der Waals surface area contributed by atoms with Crippen LogP contribution in [-0.2, 0) is 19.2 Å². The molecular weight excluding hydrogens is 422 g/mol. The van der Waals surface area contributed by atoms with Gasteiger partial charge in [-0.05, 0) is 35.5 Å². The number of nitrogens with two attached hydrogens (primary N) is 2. The molecule has 3 rings (SSSR count). The Morgan fingerprint density at radius 1 is 1.29 bits per heavy atom. The average molecular weight is 458 g/mol. The van der Waals surface area contributed by atoms with Gasteiger partial charge in [-0.3, -0.25) is 19.2 Å². The van der Waals surface area contributed by atoms with Gasteiger partial charge in [-0.1, -0.05) is 34.6 Å². The topological polar surface area (TPSA) is 148 Å². The first-order chi connectivity index (χ1) is 13.8. The number of primary amides is 1. The summed E-state index contributed by atoms with van der Waals surface area (Å²) < 4.78 is 0. The molecule has 3 fully saturated rings. The Morgan fingerprint density at radius 3 is 2.39 bits per heavy atom. The second kappa shape index (κ2) is 8.58. The molecule has 176 valence electrons. The third kappa shape index (κ3) is 4.67. The van der Waals surface area contributed by atoms with Crippen molar-refractivity contribution >= 4 is 36.0 Å². The molecular formula is C21H36ClN5O4. The zero-order valence-corrected chi connectivity index (χ0v) is 19.8. The molecule has 0 aromatic heterocycles. The van der Waals surface area contributed by atoms with Crippen LogP contribution in [0.25, 0.3) is 0 Å². The van der Waals surface area contributed by atoms with E-state index in [0.717, 1.165) is 0 Å². The number of halogens is 1. The van der Waals surface area contributed by atoms with E-state index in [1.54, 1.807) is 4.90 Å². The average Bonchev–Trinajstić information content (AvgIpc) is 3.01. The summed E-state index contributed by atoms with van der Waals surface area (Å²) in [7, 11) is 0. The van der Waals surface area contributed by atoms with E-state index in [0.29, 0.717) is 19.5 Å². The van der Waals surface area contributed by atoms with Gasteiger partial charge < -0.3 is 27.0 Å². The molecule has 1 saturated carbocycles. The predicted molar refractivity (Wildman–Crippen MR) is 118 cm³/mol. The largest absolute Gasteiger partial charge is 0.368 e. The predicted octanol–water partition coefficient (Wildman–Crippen LogP) is -0.239. The van der Waals surface area contributed by atoms with Crippen molar-refractivity contribution in [2.75, 3.05) is 13.1 Å². The second-order valence-electron chi connectivity index (χ2n) is 10.7. The zero-order chi connectivity index (χ0) is 22.6. The summed E-state index contributed by atoms with van der Waals surface area (Å²) in [6.07, 6.45) is 0.761. The first kappa shape index (κ1) is 25.4. The molecule has 4 amide bonds. The van der Waals surface area contributed by atoms with E-state index >= 15 is 0 Å². The first-order valence-corrected chi connectivity index (χ1v) is 10.7. The van der Waals surface area contributed by atoms with Crippen molar-refractivity contribution in [1.82, 2.24) is 15.5 Å². The number of nitrogens with one attached hydrogen (secondary N) is 2. The quantitative estimate of drug-likeness (QED) is 0.434. The standard InChI is InChI=1S/C21H35N5O4.ClH/c1-20(2,3)15(22)19(30)26-9-11-13(21(11,4)5)14(26)18(29)25-12(16(23)27)8-10-6-7-24-17(10)28;/h10-15H,6-9,22H2,1-5H3,(H2,23,27)(H,24,28)(H,25,29);1H/t10-,11-,12?,13-,14-,15?;/m0./s1. The van der Waals surface area contributed by atoms with Crippen LogP contribution in [0.2, 0.25) is 0 Å². The highest BCUT2D eigenvalue weighted by atomic mass is 35.5. The number of hydrogen-bond donors (Lipinski definition) is 4. The maximum absolute atomic E-state index is 13.3. The fraction of sp³-hybridized carbons (Fsp3) is 0.810. The van der Waals surface area contributed by atoms with Crippen molar-refractivity contribution in [3.63, 3.8) is 0 Å². The molecule has 2 aliphatic heterocycles. The summed E-state index contributed by atoms with van der Waals surface area (Å²) in [5, 5.41) is 5.46. The summed E-state index contributed by atoms with van der Waals surface area (Å²) >= 11 is 0. The van der Waals surface area contributed by atoms with Gasteiger partial charge in [0.25, 0.3) is 0 Å². The van der Waals surface area contributed by atoms with Gasteiger partial charge in [0.1, 0.15) is 12.1 Å². The molecule has 6 atom stereocenters. The molecule has 3 aliphatic rings. The van der Waals surface area contributed by atoms with E-state index in [1.165, 1.54) is 0 Å². The molecule has 0 bridgehead atoms. The van der Waals surface area contributed by atoms with E-state index in [2.05, 4.69) is 24.5 Å². The Balaban J connectivity index is 0.00000341. The molecule has 2 unspecified atom stereocenters. The fourth-order valence-corrected chi connectivity index (χ4v) is 5.02. The number of fused-ring (bicyclic) bond motifs is 1. The lowest BCUT2D eigenvalue weighted by molar-refractivity contribution is -0.143. The summed E-state index contributed by atoms with van der Waals surface area (Å²) in [4.78, 5) is 51.8. The minimum absolute atomic E-state index is 0. The van der Waals surface area contributed by atoms with Crippen molar-refractivity contribution in [1.29, 1.82) is 0 Å². The normalized spacial score (nSPS) is 30.5. The van der Waals surface area contributed by atoms with Crippen LogP contribution in [0, 0.1) is 28.6 Å². The molecule has 0 aromatic rings. The molecule has 0 radical (unpaired) electrons. The molecule has 0 spiro atoms. The van der Waals surface area contributed by atoms with Gasteiger partial charge in [0.05, 0.1) is 6.04 Å². The van der Waals surface area contributed by atoms with E-state index < -0.39 is 35.4 Å². The van der Waals surface area contributed by atoms with Crippen LogP contribution in [0.4, 0.5) is 0 Å². The van der Waals surface area contributed by atoms with E-state index in [4.69, 9.17) is 11.5 Å². The highest BCUT2D eigenvalue weighted by Gasteiger charge is 2.69. The monoisotopic (exact) mass is 457 g/mol. The van der Waals surface area contributed by atoms with Gasteiger partial charge in [-0.25, -0.2) is 0 Å². The van der Waals surface area contributed by atoms with Gasteiger partial charge in [0.15, 0.2) is 0 Å². The van der Waals surface area contributed by atoms with Gasteiger partial charge in [-0.15, -0.1) is 12.4 Å². The number of carbonyl (C=O) groups is 4. The lowest BCUT2D eigenvalue weighted by Gasteiger charge is -2.36. The maximum atomic E-state index is 13.3. The van der Waals surface area contributed by atoms with Crippen molar-refractivity contribution < 1.29 is 19.2 Å². The summed E-state index contributed by atoms with van der Waals surface area (Å²) in [6, 6.07) is -2.38. The van der Waals surface area contributed by atoms with Gasteiger partial charge >= 0.3 is 0 Å². The molecule has 9 nitrogen and oxygen atoms in total. The number of piperidine rings is 1. The number of rotatable bonds is 6. The Bertz CT molecular complexity index is 765. The van der Waals surface area contributed by atoms with Gasteiger partial charge in [0.2, 0.25) is 23.6 Å². The summed E-state index contributed by atoms with van der Waals surface area (Å²) in [5.41, 5.74) is 11.2. The smallest absolute Gasteiger partial charge is 0.243 e. The maximum Gasteiger partial charge on any atom is 0.243 e.